The number of halogens is 1. The first-order valence-corrected chi connectivity index (χ1v) is 5.55. The van der Waals surface area contributed by atoms with E-state index in [0.29, 0.717) is 16.6 Å². The van der Waals surface area contributed by atoms with E-state index in [2.05, 4.69) is 0 Å². The quantitative estimate of drug-likeness (QED) is 0.838. The maximum Gasteiger partial charge on any atom is 0.255 e. The molecule has 0 saturated heterocycles. The largest absolute Gasteiger partial charge is 0.326 e. The highest BCUT2D eigenvalue weighted by molar-refractivity contribution is 6.32. The molecule has 0 unspecified atom stereocenters. The summed E-state index contributed by atoms with van der Waals surface area (Å²) in [5, 5.41) is 0.682. The maximum atomic E-state index is 12.1. The maximum absolute atomic E-state index is 12.1. The van der Waals surface area contributed by atoms with Crippen molar-refractivity contribution in [3.63, 3.8) is 0 Å². The van der Waals surface area contributed by atoms with Crippen molar-refractivity contribution >= 4 is 11.6 Å². The SMILES string of the molecule is Cc1c(Cl)c(C)n(C2CC2)c(=O)c1CN. The third kappa shape index (κ3) is 1.60. The van der Waals surface area contributed by atoms with E-state index in [1.165, 1.54) is 0 Å². The van der Waals surface area contributed by atoms with Gasteiger partial charge in [0.15, 0.2) is 0 Å². The average Bonchev–Trinajstić information content (AvgIpc) is 3.00. The van der Waals surface area contributed by atoms with Gasteiger partial charge in [0.25, 0.3) is 5.56 Å². The highest BCUT2D eigenvalue weighted by Crippen LogP contribution is 2.36. The van der Waals surface area contributed by atoms with Gasteiger partial charge in [-0.05, 0) is 32.3 Å². The fraction of sp³-hybridized carbons (Fsp3) is 0.545. The Hall–Kier alpha value is -0.800. The zero-order chi connectivity index (χ0) is 11.2. The Morgan fingerprint density at radius 1 is 1.47 bits per heavy atom. The Morgan fingerprint density at radius 2 is 2.07 bits per heavy atom. The summed E-state index contributed by atoms with van der Waals surface area (Å²) in [5.74, 6) is 0. The molecule has 0 aromatic carbocycles. The van der Waals surface area contributed by atoms with Crippen LogP contribution in [0.15, 0.2) is 4.79 Å². The lowest BCUT2D eigenvalue weighted by Crippen LogP contribution is -2.28. The molecule has 1 aromatic rings. The van der Waals surface area contributed by atoms with E-state index in [9.17, 15) is 4.79 Å². The number of aromatic nitrogens is 1. The molecule has 1 heterocycles. The van der Waals surface area contributed by atoms with Crippen molar-refractivity contribution in [3.05, 3.63) is 32.2 Å². The van der Waals surface area contributed by atoms with Crippen LogP contribution in [0, 0.1) is 13.8 Å². The normalized spacial score (nSPS) is 15.7. The van der Waals surface area contributed by atoms with Gasteiger partial charge >= 0.3 is 0 Å². The van der Waals surface area contributed by atoms with Crippen molar-refractivity contribution in [3.8, 4) is 0 Å². The van der Waals surface area contributed by atoms with E-state index in [1.807, 2.05) is 13.8 Å². The molecular weight excluding hydrogens is 212 g/mol. The summed E-state index contributed by atoms with van der Waals surface area (Å²) in [6.45, 7) is 4.02. The predicted molar refractivity (Wildman–Crippen MR) is 61.3 cm³/mol. The summed E-state index contributed by atoms with van der Waals surface area (Å²) in [4.78, 5) is 12.1. The molecule has 2 N–H and O–H groups in total. The molecule has 15 heavy (non-hydrogen) atoms. The van der Waals surface area contributed by atoms with Crippen LogP contribution in [0.1, 0.15) is 35.7 Å². The fourth-order valence-corrected chi connectivity index (χ4v) is 2.19. The van der Waals surface area contributed by atoms with Crippen molar-refractivity contribution < 1.29 is 0 Å². The Bertz CT molecular complexity index is 461. The molecule has 0 bridgehead atoms. The first-order chi connectivity index (χ1) is 7.07. The third-order valence-electron chi connectivity index (χ3n) is 3.05. The summed E-state index contributed by atoms with van der Waals surface area (Å²) in [5.41, 5.74) is 7.99. The molecule has 1 aliphatic carbocycles. The van der Waals surface area contributed by atoms with Crippen LogP contribution in [-0.2, 0) is 6.54 Å². The van der Waals surface area contributed by atoms with Gasteiger partial charge in [0.2, 0.25) is 0 Å². The Kier molecular flexibility index (Phi) is 2.61. The number of nitrogens with two attached hydrogens (primary N) is 1. The lowest BCUT2D eigenvalue weighted by Gasteiger charge is -2.15. The molecular formula is C11H15ClN2O. The molecule has 1 fully saturated rings. The van der Waals surface area contributed by atoms with E-state index >= 15 is 0 Å². The number of hydrogen-bond acceptors (Lipinski definition) is 2. The number of rotatable bonds is 2. The van der Waals surface area contributed by atoms with Crippen LogP contribution in [0.5, 0.6) is 0 Å². The molecule has 0 aliphatic heterocycles. The summed E-state index contributed by atoms with van der Waals surface area (Å²) in [6.07, 6.45) is 2.15. The van der Waals surface area contributed by atoms with Crippen molar-refractivity contribution in [1.82, 2.24) is 4.57 Å². The van der Waals surface area contributed by atoms with Crippen LogP contribution in [0.25, 0.3) is 0 Å². The smallest absolute Gasteiger partial charge is 0.255 e. The van der Waals surface area contributed by atoms with Crippen LogP contribution in [0.4, 0.5) is 0 Å². The topological polar surface area (TPSA) is 48.0 Å². The summed E-state index contributed by atoms with van der Waals surface area (Å²) in [6, 6.07) is 0.348. The minimum absolute atomic E-state index is 0.0411. The summed E-state index contributed by atoms with van der Waals surface area (Å²) >= 11 is 6.20. The summed E-state index contributed by atoms with van der Waals surface area (Å²) < 4.78 is 1.80. The summed E-state index contributed by atoms with van der Waals surface area (Å²) in [7, 11) is 0. The van der Waals surface area contributed by atoms with Crippen LogP contribution >= 0.6 is 11.6 Å². The Morgan fingerprint density at radius 3 is 2.53 bits per heavy atom. The van der Waals surface area contributed by atoms with E-state index in [4.69, 9.17) is 17.3 Å². The first kappa shape index (κ1) is 10.7. The molecule has 1 saturated carbocycles. The fourth-order valence-electron chi connectivity index (χ4n) is 1.98. The molecule has 82 valence electrons. The molecule has 3 nitrogen and oxygen atoms in total. The van der Waals surface area contributed by atoms with Gasteiger partial charge in [0, 0.05) is 23.8 Å². The van der Waals surface area contributed by atoms with Crippen molar-refractivity contribution in [2.75, 3.05) is 0 Å². The molecule has 1 aliphatic rings. The van der Waals surface area contributed by atoms with Crippen LogP contribution < -0.4 is 11.3 Å². The van der Waals surface area contributed by atoms with E-state index in [-0.39, 0.29) is 12.1 Å². The lowest BCUT2D eigenvalue weighted by atomic mass is 10.1. The standard InChI is InChI=1S/C11H15ClN2O/c1-6-9(5-13)11(15)14(8-3-4-8)7(2)10(6)12/h8H,3-5,13H2,1-2H3. The Balaban J connectivity index is 2.74. The van der Waals surface area contributed by atoms with Gasteiger partial charge in [-0.25, -0.2) is 0 Å². The van der Waals surface area contributed by atoms with Gasteiger partial charge in [-0.2, -0.15) is 0 Å². The van der Waals surface area contributed by atoms with Crippen molar-refractivity contribution in [1.29, 1.82) is 0 Å². The lowest BCUT2D eigenvalue weighted by molar-refractivity contribution is 0.669. The van der Waals surface area contributed by atoms with E-state index in [1.54, 1.807) is 4.57 Å². The highest BCUT2D eigenvalue weighted by Gasteiger charge is 2.28. The monoisotopic (exact) mass is 226 g/mol. The van der Waals surface area contributed by atoms with Gasteiger partial charge in [0.1, 0.15) is 0 Å². The first-order valence-electron chi connectivity index (χ1n) is 5.18. The molecule has 0 amide bonds. The van der Waals surface area contributed by atoms with Crippen LogP contribution in [-0.4, -0.2) is 4.57 Å². The highest BCUT2D eigenvalue weighted by atomic mass is 35.5. The van der Waals surface area contributed by atoms with E-state index in [0.717, 1.165) is 24.1 Å². The number of pyridine rings is 1. The predicted octanol–water partition coefficient (Wildman–Crippen LogP) is 1.91. The molecule has 0 atom stereocenters. The van der Waals surface area contributed by atoms with E-state index < -0.39 is 0 Å². The molecule has 0 radical (unpaired) electrons. The van der Waals surface area contributed by atoms with Gasteiger partial charge in [-0.15, -0.1) is 0 Å². The van der Waals surface area contributed by atoms with Gasteiger partial charge in [-0.1, -0.05) is 11.6 Å². The zero-order valence-electron chi connectivity index (χ0n) is 9.01. The second kappa shape index (κ2) is 3.65. The minimum Gasteiger partial charge on any atom is -0.326 e. The third-order valence-corrected chi connectivity index (χ3v) is 3.61. The molecule has 1 aromatic heterocycles. The van der Waals surface area contributed by atoms with Crippen molar-refractivity contribution in [2.45, 2.75) is 39.3 Å². The zero-order valence-corrected chi connectivity index (χ0v) is 9.77. The van der Waals surface area contributed by atoms with Gasteiger partial charge in [-0.3, -0.25) is 4.79 Å². The number of nitrogens with zero attached hydrogens (tertiary/aromatic N) is 1. The average molecular weight is 227 g/mol. The van der Waals surface area contributed by atoms with Crippen LogP contribution in [0.3, 0.4) is 0 Å². The molecule has 4 heteroatoms. The second-order valence-corrected chi connectivity index (χ2v) is 4.49. The molecule has 0 spiro atoms. The van der Waals surface area contributed by atoms with Crippen LogP contribution in [0.2, 0.25) is 5.02 Å². The Labute approximate surface area is 93.8 Å². The molecule has 2 rings (SSSR count). The van der Waals surface area contributed by atoms with Gasteiger partial charge < -0.3 is 10.3 Å². The van der Waals surface area contributed by atoms with Crippen molar-refractivity contribution in [2.24, 2.45) is 5.73 Å². The van der Waals surface area contributed by atoms with Gasteiger partial charge in [0.05, 0.1) is 5.02 Å². The second-order valence-electron chi connectivity index (χ2n) is 4.11. The number of hydrogen-bond donors (Lipinski definition) is 1. The minimum atomic E-state index is 0.0411.